The van der Waals surface area contributed by atoms with Crippen LogP contribution in [-0.4, -0.2) is 185 Å². The highest BCUT2D eigenvalue weighted by atomic mass is 16.8. The van der Waals surface area contributed by atoms with E-state index in [0.717, 1.165) is 24.8 Å². The molecule has 25 atom stereocenters. The van der Waals surface area contributed by atoms with Crippen molar-refractivity contribution in [2.75, 3.05) is 13.2 Å². The second-order valence-electron chi connectivity index (χ2n) is 23.6. The Balaban J connectivity index is 1.08. The number of aliphatic carboxylic acids is 1. The van der Waals surface area contributed by atoms with E-state index in [1.807, 2.05) is 13.0 Å². The van der Waals surface area contributed by atoms with Crippen molar-refractivity contribution < 1.29 is 94.2 Å². The number of fused-ring (bicyclic) bond motifs is 7. The molecule has 0 aromatic rings. The lowest BCUT2D eigenvalue weighted by molar-refractivity contribution is -0.375. The van der Waals surface area contributed by atoms with Gasteiger partial charge in [-0.3, -0.25) is 4.79 Å². The van der Waals surface area contributed by atoms with Gasteiger partial charge in [0.15, 0.2) is 30.8 Å². The Kier molecular flexibility index (Phi) is 13.7. The standard InChI is InChI=1S/C48H76O19/c1-20-28(52)30(54)34(58)40(62-20)65-27-17-43(2,3)16-22-21-15-23(51)38-45(5)11-10-26(46(6,19-50)25(45)9-12-48(38,8)47(21,7)14-13-44(22,27)4)64-42-37(33(57)32(56)36(66-42)39(60)61)67-41-35(59)31(55)29(53)24(18-49)63-41/h15,20,22,24-38,40-42,49-50,52-59H,9-14,16-19H2,1-8H3,(H,60,61)/t20-,22-,24+,25+,26-,27+,28-,29-,30+,31-,32-,33-,34+,35+,36-,37+,38+,40-,41-,42+,44+,45-,46+,47+,48+/m0/s1. The summed E-state index contributed by atoms with van der Waals surface area (Å²) in [7, 11) is 0. The molecule has 19 nitrogen and oxygen atoms in total. The van der Waals surface area contributed by atoms with E-state index in [-0.39, 0.29) is 29.5 Å². The van der Waals surface area contributed by atoms with Crippen LogP contribution in [0, 0.1) is 50.2 Å². The Morgan fingerprint density at radius 3 is 1.93 bits per heavy atom. The first-order chi connectivity index (χ1) is 31.1. The normalized spacial score (nSPS) is 55.3. The number of rotatable bonds is 9. The summed E-state index contributed by atoms with van der Waals surface area (Å²) < 4.78 is 36.5. The summed E-state index contributed by atoms with van der Waals surface area (Å²) in [6, 6.07) is 0. The van der Waals surface area contributed by atoms with Crippen molar-refractivity contribution in [3.63, 3.8) is 0 Å². The predicted molar refractivity (Wildman–Crippen MR) is 231 cm³/mol. The summed E-state index contributed by atoms with van der Waals surface area (Å²) in [5, 5.41) is 117. The van der Waals surface area contributed by atoms with Crippen molar-refractivity contribution in [1.29, 1.82) is 0 Å². The molecule has 0 radical (unpaired) electrons. The van der Waals surface area contributed by atoms with E-state index in [2.05, 4.69) is 41.5 Å². The molecule has 0 spiro atoms. The van der Waals surface area contributed by atoms with Gasteiger partial charge in [-0.2, -0.15) is 0 Å². The van der Waals surface area contributed by atoms with Crippen LogP contribution in [0.3, 0.4) is 0 Å². The predicted octanol–water partition coefficient (Wildman–Crippen LogP) is -0.116. The number of ketones is 1. The first kappa shape index (κ1) is 51.6. The molecular weight excluding hydrogens is 881 g/mol. The van der Waals surface area contributed by atoms with Crippen LogP contribution in [0.4, 0.5) is 0 Å². The molecule has 8 rings (SSSR count). The lowest BCUT2D eigenvalue weighted by Gasteiger charge is -2.71. The van der Waals surface area contributed by atoms with Crippen molar-refractivity contribution in [3.8, 4) is 0 Å². The molecule has 0 unspecified atom stereocenters. The second-order valence-corrected chi connectivity index (χ2v) is 23.6. The third-order valence-corrected chi connectivity index (χ3v) is 19.2. The summed E-state index contributed by atoms with van der Waals surface area (Å²) in [4.78, 5) is 27.6. The van der Waals surface area contributed by atoms with E-state index >= 15 is 4.79 Å². The van der Waals surface area contributed by atoms with Crippen molar-refractivity contribution in [1.82, 2.24) is 0 Å². The molecule has 0 aromatic heterocycles. The third-order valence-electron chi connectivity index (χ3n) is 19.2. The molecule has 0 amide bonds. The fourth-order valence-corrected chi connectivity index (χ4v) is 15.0. The zero-order valence-electron chi connectivity index (χ0n) is 39.9. The first-order valence-electron chi connectivity index (χ1n) is 24.2. The Labute approximate surface area is 391 Å². The van der Waals surface area contributed by atoms with Crippen LogP contribution in [-0.2, 0) is 38.0 Å². The summed E-state index contributed by atoms with van der Waals surface area (Å²) >= 11 is 0. The summed E-state index contributed by atoms with van der Waals surface area (Å²) in [5.74, 6) is -2.44. The minimum atomic E-state index is -2.04. The van der Waals surface area contributed by atoms with E-state index < -0.39 is 157 Å². The van der Waals surface area contributed by atoms with Gasteiger partial charge >= 0.3 is 5.97 Å². The number of ether oxygens (including phenoxy) is 6. The molecule has 3 heterocycles. The number of hydrogen-bond donors (Lipinski definition) is 11. The van der Waals surface area contributed by atoms with Crippen LogP contribution < -0.4 is 0 Å². The number of carbonyl (C=O) groups is 2. The van der Waals surface area contributed by atoms with Gasteiger partial charge in [0.2, 0.25) is 0 Å². The maximum atomic E-state index is 15.3. The monoisotopic (exact) mass is 956 g/mol. The molecule has 0 bridgehead atoms. The largest absolute Gasteiger partial charge is 0.479 e. The molecule has 8 aliphatic rings. The maximum absolute atomic E-state index is 15.3. The van der Waals surface area contributed by atoms with E-state index in [1.54, 1.807) is 6.92 Å². The van der Waals surface area contributed by atoms with Gasteiger partial charge in [-0.05, 0) is 97.9 Å². The fourth-order valence-electron chi connectivity index (χ4n) is 15.0. The molecule has 7 fully saturated rings. The van der Waals surface area contributed by atoms with Crippen molar-refractivity contribution in [2.45, 2.75) is 211 Å². The van der Waals surface area contributed by atoms with Gasteiger partial charge in [0, 0.05) is 16.7 Å². The summed E-state index contributed by atoms with van der Waals surface area (Å²) in [5.41, 5.74) is -2.29. The van der Waals surface area contributed by atoms with Gasteiger partial charge in [-0.25, -0.2) is 4.79 Å². The Morgan fingerprint density at radius 1 is 0.672 bits per heavy atom. The average Bonchev–Trinajstić information content (AvgIpc) is 3.26. The number of allylic oxidation sites excluding steroid dienone is 2. The number of carboxylic acid groups (broad SMARTS) is 1. The van der Waals surface area contributed by atoms with Gasteiger partial charge in [0.1, 0.15) is 61.0 Å². The van der Waals surface area contributed by atoms with Gasteiger partial charge < -0.3 is 84.6 Å². The zero-order chi connectivity index (χ0) is 49.3. The van der Waals surface area contributed by atoms with E-state index in [4.69, 9.17) is 28.4 Å². The molecule has 19 heteroatoms. The van der Waals surface area contributed by atoms with Crippen LogP contribution in [0.5, 0.6) is 0 Å². The van der Waals surface area contributed by atoms with Gasteiger partial charge in [0.05, 0.1) is 31.5 Å². The number of aliphatic hydroxyl groups excluding tert-OH is 10. The van der Waals surface area contributed by atoms with E-state index in [9.17, 15) is 61.0 Å². The minimum absolute atomic E-state index is 0.00826. The molecule has 3 saturated heterocycles. The Hall–Kier alpha value is -1.76. The van der Waals surface area contributed by atoms with Gasteiger partial charge in [-0.15, -0.1) is 0 Å². The highest BCUT2D eigenvalue weighted by molar-refractivity contribution is 5.95. The summed E-state index contributed by atoms with van der Waals surface area (Å²) in [6.45, 7) is 15.5. The first-order valence-corrected chi connectivity index (χ1v) is 24.2. The molecule has 0 aromatic carbocycles. The van der Waals surface area contributed by atoms with Crippen LogP contribution in [0.1, 0.15) is 107 Å². The second kappa shape index (κ2) is 17.8. The topological polar surface area (TPSA) is 312 Å². The fraction of sp³-hybridized carbons (Fsp3) is 0.917. The van der Waals surface area contributed by atoms with Crippen molar-refractivity contribution in [2.24, 2.45) is 50.2 Å². The minimum Gasteiger partial charge on any atom is -0.479 e. The van der Waals surface area contributed by atoms with E-state index in [0.29, 0.717) is 25.7 Å². The Morgan fingerprint density at radius 2 is 1.30 bits per heavy atom. The molecule has 3 aliphatic heterocycles. The summed E-state index contributed by atoms with van der Waals surface area (Å²) in [6.07, 6.45) is -18.7. The number of carboxylic acids is 1. The number of hydrogen-bond acceptors (Lipinski definition) is 18. The Bertz CT molecular complexity index is 1900. The highest BCUT2D eigenvalue weighted by Crippen LogP contribution is 2.75. The zero-order valence-corrected chi connectivity index (χ0v) is 39.9. The molecule has 67 heavy (non-hydrogen) atoms. The van der Waals surface area contributed by atoms with Crippen LogP contribution >= 0.6 is 0 Å². The molecular formula is C48H76O19. The smallest absolute Gasteiger partial charge is 0.335 e. The molecule has 5 aliphatic carbocycles. The van der Waals surface area contributed by atoms with Crippen LogP contribution in [0.25, 0.3) is 0 Å². The van der Waals surface area contributed by atoms with Crippen LogP contribution in [0.2, 0.25) is 0 Å². The highest BCUT2D eigenvalue weighted by Gasteiger charge is 2.72. The lowest BCUT2D eigenvalue weighted by atomic mass is 9.33. The quantitative estimate of drug-likeness (QED) is 0.134. The van der Waals surface area contributed by atoms with Crippen molar-refractivity contribution in [3.05, 3.63) is 11.6 Å². The van der Waals surface area contributed by atoms with Gasteiger partial charge in [-0.1, -0.05) is 54.0 Å². The number of aliphatic hydroxyl groups is 10. The molecule has 11 N–H and O–H groups in total. The lowest BCUT2D eigenvalue weighted by Crippen LogP contribution is -2.69. The average molecular weight is 957 g/mol. The molecule has 382 valence electrons. The molecule has 4 saturated carbocycles. The number of carbonyl (C=O) groups excluding carboxylic acids is 1. The van der Waals surface area contributed by atoms with Gasteiger partial charge in [0.25, 0.3) is 0 Å². The van der Waals surface area contributed by atoms with Crippen molar-refractivity contribution >= 4 is 11.8 Å². The maximum Gasteiger partial charge on any atom is 0.335 e. The third kappa shape index (κ3) is 7.92. The SMILES string of the molecule is C[C@@H]1O[C@@H](O[C@@H]2CC(C)(C)C[C@H]3C4=CC(=O)[C@@H]5[C@@]6(C)CC[C@H](O[C@@H]7O[C@H](C(=O)O)[C@@H](O)[C@H](O)[C@H]7O[C@@H]7O[C@H](CO)[C@H](O)[C@H](O)[C@H]7O)[C@](C)(CO)[C@@H]6CC[C@@]5(C)[C@]4(C)CC[C@@]23C)[C@H](O)[C@H](O)[C@H]1O. The van der Waals surface area contributed by atoms with E-state index in [1.165, 1.54) is 0 Å². The van der Waals surface area contributed by atoms with Crippen LogP contribution in [0.15, 0.2) is 11.6 Å².